The Hall–Kier alpha value is -7.20. The van der Waals surface area contributed by atoms with Crippen LogP contribution in [-0.4, -0.2) is 131 Å². The molecule has 14 rings (SSSR count). The number of tetrazole rings is 2. The van der Waals surface area contributed by atoms with Crippen LogP contribution in [0, 0.1) is 35.5 Å². The van der Waals surface area contributed by atoms with Gasteiger partial charge < -0.3 is 39.0 Å². The first kappa shape index (κ1) is 56.0. The molecule has 2 aromatic carbocycles. The molecule has 0 spiro atoms. The summed E-state index contributed by atoms with van der Waals surface area (Å²) in [5, 5.41) is 32.5. The summed E-state index contributed by atoms with van der Waals surface area (Å²) in [6, 6.07) is 22.0. The normalized spacial score (nSPS) is 24.1. The highest BCUT2D eigenvalue weighted by atomic mass is 16.5. The second-order valence-electron chi connectivity index (χ2n) is 25.3. The minimum absolute atomic E-state index is 0.0706. The maximum atomic E-state index is 6.02. The van der Waals surface area contributed by atoms with Gasteiger partial charge in [0.25, 0.3) is 0 Å². The molecule has 0 unspecified atom stereocenters. The number of ether oxygens (including phenoxy) is 2. The molecule has 84 heavy (non-hydrogen) atoms. The highest BCUT2D eigenvalue weighted by Gasteiger charge is 2.36. The molecule has 2 saturated heterocycles. The fraction of sp³-hybridized carbons (Fsp3) is 0.613. The fourth-order valence-corrected chi connectivity index (χ4v) is 13.7. The van der Waals surface area contributed by atoms with Crippen LogP contribution in [0.5, 0.6) is 0 Å². The molecule has 4 atom stereocenters. The van der Waals surface area contributed by atoms with Crippen LogP contribution in [0.15, 0.2) is 60.7 Å². The first-order chi connectivity index (χ1) is 41.1. The molecule has 4 aliphatic carbocycles. The van der Waals surface area contributed by atoms with Crippen molar-refractivity contribution >= 4 is 45.9 Å². The van der Waals surface area contributed by atoms with Crippen LogP contribution in [0.4, 0.5) is 23.5 Å². The van der Waals surface area contributed by atoms with Crippen molar-refractivity contribution in [3.05, 3.63) is 71.8 Å². The molecule has 0 amide bonds. The van der Waals surface area contributed by atoms with E-state index in [-0.39, 0.29) is 12.1 Å². The van der Waals surface area contributed by atoms with Gasteiger partial charge in [0.05, 0.1) is 45.6 Å². The molecule has 22 nitrogen and oxygen atoms in total. The van der Waals surface area contributed by atoms with Gasteiger partial charge in [-0.05, 0) is 127 Å². The highest BCUT2D eigenvalue weighted by molar-refractivity contribution is 5.89. The third-order valence-corrected chi connectivity index (χ3v) is 19.4. The van der Waals surface area contributed by atoms with Crippen molar-refractivity contribution < 1.29 is 9.47 Å². The summed E-state index contributed by atoms with van der Waals surface area (Å²) in [5.41, 5.74) is 5.77. The molecule has 8 aromatic rings. The number of rotatable bonds is 16. The first-order valence-electron chi connectivity index (χ1n) is 31.4. The molecule has 2 N–H and O–H groups in total. The average Bonchev–Trinajstić information content (AvgIpc) is 2.02. The molecular weight excluding hydrogens is 1060 g/mol. The van der Waals surface area contributed by atoms with Crippen LogP contribution < -0.4 is 20.4 Å². The Morgan fingerprint density at radius 2 is 1.01 bits per heavy atom. The maximum Gasteiger partial charge on any atom is 0.242 e. The van der Waals surface area contributed by atoms with Gasteiger partial charge in [-0.1, -0.05) is 113 Å². The van der Waals surface area contributed by atoms with E-state index >= 15 is 0 Å². The zero-order valence-corrected chi connectivity index (χ0v) is 50.0. The zero-order valence-electron chi connectivity index (χ0n) is 50.0. The number of nitrogens with zero attached hydrogens (tertiary/aromatic N) is 18. The van der Waals surface area contributed by atoms with E-state index in [0.29, 0.717) is 96.8 Å². The topological polar surface area (TPSA) is 223 Å². The van der Waals surface area contributed by atoms with Gasteiger partial charge in [-0.15, -0.1) is 15.3 Å². The van der Waals surface area contributed by atoms with Crippen molar-refractivity contribution in [3.63, 3.8) is 0 Å². The minimum Gasteiger partial charge on any atom is -0.377 e. The lowest BCUT2D eigenvalue weighted by atomic mass is 9.80. The lowest BCUT2D eigenvalue weighted by Gasteiger charge is -2.37. The largest absolute Gasteiger partial charge is 0.377 e. The smallest absolute Gasteiger partial charge is 0.242 e. The van der Waals surface area contributed by atoms with Crippen molar-refractivity contribution in [1.29, 1.82) is 0 Å². The van der Waals surface area contributed by atoms with E-state index in [1.54, 1.807) is 11.7 Å². The van der Waals surface area contributed by atoms with E-state index < -0.39 is 0 Å². The van der Waals surface area contributed by atoms with Gasteiger partial charge in [0.2, 0.25) is 35.2 Å². The Bertz CT molecular complexity index is 3470. The molecule has 8 heterocycles. The van der Waals surface area contributed by atoms with Crippen molar-refractivity contribution in [2.75, 3.05) is 60.0 Å². The number of hydrogen-bond donors (Lipinski definition) is 2. The van der Waals surface area contributed by atoms with Crippen molar-refractivity contribution in [1.82, 2.24) is 79.5 Å². The summed E-state index contributed by atoms with van der Waals surface area (Å²) in [6.45, 7) is 15.2. The predicted molar refractivity (Wildman–Crippen MR) is 324 cm³/mol. The average molecular weight is 1140 g/mol. The number of benzene rings is 2. The van der Waals surface area contributed by atoms with E-state index in [1.807, 2.05) is 7.05 Å². The predicted octanol–water partition coefficient (Wildman–Crippen LogP) is 10.0. The number of imidazole rings is 2. The zero-order chi connectivity index (χ0) is 57.3. The van der Waals surface area contributed by atoms with Crippen LogP contribution in [0.3, 0.4) is 0 Å². The molecular formula is C62H84N20O2. The Balaban J connectivity index is 0.000000157. The molecule has 0 radical (unpaired) electrons. The van der Waals surface area contributed by atoms with Crippen LogP contribution in [0.1, 0.15) is 141 Å². The van der Waals surface area contributed by atoms with E-state index in [1.165, 1.54) is 106 Å². The summed E-state index contributed by atoms with van der Waals surface area (Å²) in [7, 11) is 3.58. The standard InChI is InChI=1S/2C31H42N10O/c1-20-12-14-22(15-13-20)18-41-26-27(32-21(2)23-10-7-11-23)33-29(30-36-37-38-39(30)3)34-28(26)35-31(41)40-16-17-42-19-25(40)24-8-5-4-6-9-24;1-20-12-14-22(15-13-20)18-41-26-27(32-21(2)23-10-7-11-23)33-29(30-36-38-39(3)37-30)34-28(26)35-31(41)40-16-17-42-19-25(40)24-8-5-4-6-9-24/h2*4-6,8-9,20-23,25H,7,10-19H2,1-3H3,(H,32,33,34)/t2*20?,21-,22?,25+/m11/s1. The Morgan fingerprint density at radius 1 is 0.536 bits per heavy atom. The van der Waals surface area contributed by atoms with Gasteiger partial charge in [0.1, 0.15) is 11.0 Å². The number of anilines is 4. The number of fused-ring (bicyclic) bond motifs is 2. The summed E-state index contributed by atoms with van der Waals surface area (Å²) >= 11 is 0. The first-order valence-corrected chi connectivity index (χ1v) is 31.4. The molecule has 444 valence electrons. The highest BCUT2D eigenvalue weighted by Crippen LogP contribution is 2.42. The SMILES string of the molecule is CC1CCC(Cn2c(N3CCOC[C@H]3c3ccccc3)nc3nc(-c4nnn(C)n4)nc(N[C@H](C)C4CCC4)c32)CC1.CC1CCC(Cn2c(N3CCOC[C@H]3c3ccccc3)nc3nc(-c4nnnn4C)nc(N[C@H](C)C4CCC4)c32)CC1. The minimum atomic E-state index is 0.0706. The maximum absolute atomic E-state index is 6.02. The van der Waals surface area contributed by atoms with Crippen LogP contribution in [-0.2, 0) is 36.7 Å². The molecule has 6 fully saturated rings. The van der Waals surface area contributed by atoms with Gasteiger partial charge in [0.15, 0.2) is 22.9 Å². The number of hydrogen-bond acceptors (Lipinski definition) is 18. The number of morpholine rings is 2. The summed E-state index contributed by atoms with van der Waals surface area (Å²) in [6.07, 6.45) is 17.6. The van der Waals surface area contributed by atoms with Crippen molar-refractivity contribution in [3.8, 4) is 23.3 Å². The Labute approximate surface area is 492 Å². The Kier molecular flexibility index (Phi) is 16.5. The quantitative estimate of drug-likeness (QED) is 0.0918. The van der Waals surface area contributed by atoms with Gasteiger partial charge >= 0.3 is 0 Å². The van der Waals surface area contributed by atoms with E-state index in [4.69, 9.17) is 39.4 Å². The molecule has 2 aliphatic heterocycles. The third-order valence-electron chi connectivity index (χ3n) is 19.4. The summed E-state index contributed by atoms with van der Waals surface area (Å²) in [4.78, 5) is 37.0. The van der Waals surface area contributed by atoms with Gasteiger partial charge in [-0.2, -0.15) is 14.8 Å². The lowest BCUT2D eigenvalue weighted by molar-refractivity contribution is 0.0927. The second kappa shape index (κ2) is 24.8. The number of aryl methyl sites for hydroxylation is 2. The van der Waals surface area contributed by atoms with E-state index in [9.17, 15) is 0 Å². The molecule has 6 aliphatic rings. The fourth-order valence-electron chi connectivity index (χ4n) is 13.7. The molecule has 0 bridgehead atoms. The number of nitrogens with one attached hydrogen (secondary N) is 2. The van der Waals surface area contributed by atoms with Crippen LogP contribution >= 0.6 is 0 Å². The van der Waals surface area contributed by atoms with Crippen LogP contribution in [0.25, 0.3) is 45.6 Å². The second-order valence-corrected chi connectivity index (χ2v) is 25.3. The molecule has 6 aromatic heterocycles. The van der Waals surface area contributed by atoms with Crippen molar-refractivity contribution in [2.45, 2.75) is 155 Å². The van der Waals surface area contributed by atoms with Gasteiger partial charge in [-0.25, -0.2) is 24.6 Å². The van der Waals surface area contributed by atoms with Crippen LogP contribution in [0.2, 0.25) is 0 Å². The van der Waals surface area contributed by atoms with Crippen molar-refractivity contribution in [2.24, 2.45) is 49.6 Å². The van der Waals surface area contributed by atoms with Gasteiger partial charge in [-0.3, -0.25) is 0 Å². The Morgan fingerprint density at radius 3 is 1.44 bits per heavy atom. The number of aromatic nitrogens is 16. The van der Waals surface area contributed by atoms with E-state index in [0.717, 1.165) is 72.6 Å². The summed E-state index contributed by atoms with van der Waals surface area (Å²) < 4.78 is 18.5. The van der Waals surface area contributed by atoms with E-state index in [2.05, 4.69) is 149 Å². The molecule has 22 heteroatoms. The van der Waals surface area contributed by atoms with Gasteiger partial charge in [0, 0.05) is 45.3 Å². The summed E-state index contributed by atoms with van der Waals surface area (Å²) in [5.74, 6) is 9.47. The molecule has 4 saturated carbocycles. The lowest BCUT2D eigenvalue weighted by Crippen LogP contribution is -2.41. The third kappa shape index (κ3) is 11.8. The monoisotopic (exact) mass is 1140 g/mol.